The number of nitrogens with zero attached hydrogens (tertiary/aromatic N) is 9. The quantitative estimate of drug-likeness (QED) is 0.222. The molecule has 12 saturated heterocycles. The number of fused-ring (bicyclic) bond motifs is 9. The third kappa shape index (κ3) is 7.15. The summed E-state index contributed by atoms with van der Waals surface area (Å²) in [6.07, 6.45) is 2.78. The van der Waals surface area contributed by atoms with Crippen LogP contribution in [-0.4, -0.2) is 135 Å². The highest BCUT2D eigenvalue weighted by atomic mass is 33.1. The predicted molar refractivity (Wildman–Crippen MR) is 313 cm³/mol. The van der Waals surface area contributed by atoms with E-state index in [9.17, 15) is 44.6 Å². The highest BCUT2D eigenvalue weighted by Gasteiger charge is 2.79. The van der Waals surface area contributed by atoms with Gasteiger partial charge in [-0.15, -0.1) is 0 Å². The SMILES string of the molecule is C.CN1C(=O)[C@]23C[C@@](C)(C#N)[C@@H](c4ccc5c(c4)OCO5)N2C(=O)[C@@]1(C)SS3.CN1C(=O)[C@]23C[C@@](C)(C#N)[C@H](c4ccc5c(c4)OCO5)N2C(=O)[C@@]1(C)SS3.C[C@]1(C#N)C[C@@]23SS[C@@](C)(C(=O)N2[C@H]1c1ccc2c(c1)OCO2)N(C1CC1)C3=O. The van der Waals surface area contributed by atoms with Crippen molar-refractivity contribution in [3.63, 3.8) is 0 Å². The maximum atomic E-state index is 13.8. The van der Waals surface area contributed by atoms with E-state index in [1.807, 2.05) is 75.1 Å². The second-order valence-corrected chi connectivity index (χ2v) is 32.5. The van der Waals surface area contributed by atoms with Crippen molar-refractivity contribution < 1.29 is 57.2 Å². The fraction of sp³-hybridized carbons (Fsp3) is 0.526. The van der Waals surface area contributed by atoms with Crippen LogP contribution in [0.3, 0.4) is 0 Å². The van der Waals surface area contributed by atoms with Crippen molar-refractivity contribution in [3.8, 4) is 52.7 Å². The zero-order valence-corrected chi connectivity index (χ0v) is 50.9. The minimum Gasteiger partial charge on any atom is -0.454 e. The summed E-state index contributed by atoms with van der Waals surface area (Å²) in [5, 5.41) is 30.2. The fourth-order valence-electron chi connectivity index (χ4n) is 14.2. The molecular weight excluding hydrogens is 1200 g/mol. The minimum absolute atomic E-state index is 0. The summed E-state index contributed by atoms with van der Waals surface area (Å²) in [5.41, 5.74) is -0.323. The van der Waals surface area contributed by atoms with E-state index in [4.69, 9.17) is 28.4 Å². The molecule has 27 heteroatoms. The van der Waals surface area contributed by atoms with E-state index in [0.717, 1.165) is 29.5 Å². The van der Waals surface area contributed by atoms with Crippen LogP contribution in [0.1, 0.15) is 116 Å². The number of likely N-dealkylation sites (N-methyl/N-ethyl adjacent to an activating group) is 2. The van der Waals surface area contributed by atoms with Crippen LogP contribution in [0.4, 0.5) is 0 Å². The van der Waals surface area contributed by atoms with Crippen molar-refractivity contribution in [3.05, 3.63) is 71.3 Å². The fourth-order valence-corrected chi connectivity index (χ4v) is 25.0. The Bertz CT molecular complexity index is 3510. The molecule has 1 aliphatic carbocycles. The van der Waals surface area contributed by atoms with Gasteiger partial charge in [0.1, 0.15) is 0 Å². The van der Waals surface area contributed by atoms with Gasteiger partial charge in [0.05, 0.1) is 52.6 Å². The van der Waals surface area contributed by atoms with Gasteiger partial charge < -0.3 is 57.8 Å². The lowest BCUT2D eigenvalue weighted by molar-refractivity contribution is -0.166. The molecule has 0 aromatic heterocycles. The number of ether oxygens (including phenoxy) is 6. The predicted octanol–water partition coefficient (Wildman–Crippen LogP) is 8.66. The average Bonchev–Trinajstić information content (AvgIpc) is 1.48. The van der Waals surface area contributed by atoms with E-state index in [-0.39, 0.29) is 82.1 Å². The number of amides is 6. The first kappa shape index (κ1) is 57.0. The maximum Gasteiger partial charge on any atom is 0.261 e. The van der Waals surface area contributed by atoms with Crippen LogP contribution in [0.2, 0.25) is 0 Å². The van der Waals surface area contributed by atoms with E-state index in [0.29, 0.717) is 40.9 Å². The van der Waals surface area contributed by atoms with Crippen LogP contribution in [0.15, 0.2) is 54.6 Å². The molecule has 1 saturated carbocycles. The molecule has 0 radical (unpaired) electrons. The van der Waals surface area contributed by atoms with Gasteiger partial charge in [-0.25, -0.2) is 0 Å². The average molecular weight is 1250 g/mol. The van der Waals surface area contributed by atoms with E-state index in [1.54, 1.807) is 54.8 Å². The van der Waals surface area contributed by atoms with Gasteiger partial charge >= 0.3 is 0 Å². The summed E-state index contributed by atoms with van der Waals surface area (Å²) >= 11 is 0. The summed E-state index contributed by atoms with van der Waals surface area (Å²) < 4.78 is 32.7. The number of hydrogen-bond acceptors (Lipinski definition) is 21. The van der Waals surface area contributed by atoms with Crippen LogP contribution < -0.4 is 28.4 Å². The highest BCUT2D eigenvalue weighted by Crippen LogP contribution is 2.73. The van der Waals surface area contributed by atoms with Crippen molar-refractivity contribution in [2.24, 2.45) is 16.2 Å². The van der Waals surface area contributed by atoms with Gasteiger partial charge in [-0.2, -0.15) is 15.8 Å². The first-order valence-electron chi connectivity index (χ1n) is 26.8. The van der Waals surface area contributed by atoms with Crippen molar-refractivity contribution >= 4 is 100 Å². The summed E-state index contributed by atoms with van der Waals surface area (Å²) in [6, 6.07) is 22.3. The third-order valence-electron chi connectivity index (χ3n) is 18.8. The number of benzene rings is 3. The monoisotopic (exact) mass is 1250 g/mol. The standard InChI is InChI=1S/C20H19N3O4S2.2C18H17N3O4S2.CH4/c1-18(9-21)8-20-17(25)22(12-4-5-12)19(2,28-29-20)16(24)23(20)15(18)11-3-6-13-14(7-11)27-10-26-13;2*1-16(8-19)7-18-15(23)20(3)17(2,26-27-18)14(22)21(18)13(16)10-4-5-11-12(6-10)25-9-24-11;/h3,6-7,12,15H,4-5,8,10H2,1-2H3;2*4-6,13H,7,9H2,1-3H3;1H4/t15-,18+,19-,20-;13-,16+,17-,18-;13-,16-,17+,18+;/m010./s1. The van der Waals surface area contributed by atoms with Gasteiger partial charge in [-0.3, -0.25) is 28.8 Å². The van der Waals surface area contributed by atoms with E-state index in [1.165, 1.54) is 74.6 Å². The van der Waals surface area contributed by atoms with Crippen molar-refractivity contribution in [2.45, 2.75) is 134 Å². The summed E-state index contributed by atoms with van der Waals surface area (Å²) in [6.45, 7) is 11.4. The molecule has 3 aromatic rings. The van der Waals surface area contributed by atoms with Crippen molar-refractivity contribution in [1.29, 1.82) is 15.8 Å². The molecule has 21 nitrogen and oxygen atoms in total. The van der Waals surface area contributed by atoms with Crippen LogP contribution in [0, 0.1) is 50.2 Å². The van der Waals surface area contributed by atoms with E-state index < -0.39 is 63.6 Å². The topological polar surface area (TPSA) is 249 Å². The van der Waals surface area contributed by atoms with Gasteiger partial charge in [0, 0.05) is 39.4 Å². The second-order valence-electron chi connectivity index (χ2n) is 24.1. The lowest BCUT2D eigenvalue weighted by atomic mass is 9.79. The van der Waals surface area contributed by atoms with Crippen molar-refractivity contribution in [1.82, 2.24) is 29.4 Å². The van der Waals surface area contributed by atoms with Gasteiger partial charge in [-0.05, 0) is 107 Å². The van der Waals surface area contributed by atoms with Gasteiger partial charge in [0.25, 0.3) is 35.4 Å². The smallest absolute Gasteiger partial charge is 0.261 e. The Morgan fingerprint density at radius 1 is 0.417 bits per heavy atom. The lowest BCUT2D eigenvalue weighted by Gasteiger charge is -2.58. The second kappa shape index (κ2) is 18.4. The first-order valence-corrected chi connectivity index (χ1v) is 33.3. The Morgan fingerprint density at radius 3 is 1.04 bits per heavy atom. The molecule has 15 aliphatic heterocycles. The molecule has 0 unspecified atom stereocenters. The number of hydrogen-bond donors (Lipinski definition) is 0. The molecule has 16 aliphatic rings. The molecule has 12 atom stereocenters. The molecule has 3 aromatic carbocycles. The van der Waals surface area contributed by atoms with E-state index in [2.05, 4.69) is 18.2 Å². The maximum absolute atomic E-state index is 13.8. The zero-order chi connectivity index (χ0) is 58.6. The molecule has 6 bridgehead atoms. The summed E-state index contributed by atoms with van der Waals surface area (Å²) in [4.78, 5) is 85.0. The third-order valence-corrected chi connectivity index (χ3v) is 29.8. The summed E-state index contributed by atoms with van der Waals surface area (Å²) in [5.74, 6) is 3.16. The molecule has 84 heavy (non-hydrogen) atoms. The molecule has 19 rings (SSSR count). The van der Waals surface area contributed by atoms with E-state index >= 15 is 0 Å². The zero-order valence-electron chi connectivity index (χ0n) is 46.0. The molecule has 15 heterocycles. The van der Waals surface area contributed by atoms with Gasteiger partial charge in [0.15, 0.2) is 63.7 Å². The molecule has 13 fully saturated rings. The number of nitriles is 3. The highest BCUT2D eigenvalue weighted by molar-refractivity contribution is 8.79. The Hall–Kier alpha value is -6.15. The van der Waals surface area contributed by atoms with Crippen LogP contribution >= 0.6 is 64.8 Å². The lowest BCUT2D eigenvalue weighted by Crippen LogP contribution is -2.75. The molecule has 6 amide bonds. The minimum atomic E-state index is -1.06. The Kier molecular flexibility index (Phi) is 12.5. The van der Waals surface area contributed by atoms with Crippen LogP contribution in [0.25, 0.3) is 0 Å². The van der Waals surface area contributed by atoms with Gasteiger partial charge in [0.2, 0.25) is 20.4 Å². The molecule has 438 valence electrons. The number of rotatable bonds is 4. The van der Waals surface area contributed by atoms with Crippen LogP contribution in [0.5, 0.6) is 34.5 Å². The molecular formula is C57H57N9O12S6. The number of carbonyl (C=O) groups excluding carboxylic acids is 6. The first-order chi connectivity index (χ1) is 39.4. The molecule has 0 N–H and O–H groups in total. The Morgan fingerprint density at radius 2 is 0.714 bits per heavy atom. The normalized spacial score (nSPS) is 38.8. The number of piperazine rings is 3. The largest absolute Gasteiger partial charge is 0.454 e. The summed E-state index contributed by atoms with van der Waals surface area (Å²) in [7, 11) is 11.9. The Labute approximate surface area is 508 Å². The van der Waals surface area contributed by atoms with Crippen LogP contribution in [-0.2, 0) is 28.8 Å². The number of carbonyl (C=O) groups is 6. The van der Waals surface area contributed by atoms with Gasteiger partial charge in [-0.1, -0.05) is 90.4 Å². The Balaban J connectivity index is 0.000000117. The van der Waals surface area contributed by atoms with Crippen molar-refractivity contribution in [2.75, 3.05) is 34.5 Å². The molecule has 3 spiro atoms.